The van der Waals surface area contributed by atoms with Gasteiger partial charge in [-0.1, -0.05) is 32.9 Å². The summed E-state index contributed by atoms with van der Waals surface area (Å²) in [5.74, 6) is 1.42. The number of aliphatic hydroxyl groups excluding tert-OH is 1. The number of nitrogens with zero attached hydrogens (tertiary/aromatic N) is 1. The molecule has 98 valence electrons. The van der Waals surface area contributed by atoms with Crippen molar-refractivity contribution in [2.24, 2.45) is 11.8 Å². The third kappa shape index (κ3) is 2.94. The van der Waals surface area contributed by atoms with Crippen LogP contribution in [0.3, 0.4) is 0 Å². The minimum Gasteiger partial charge on any atom is -0.392 e. The first-order chi connectivity index (χ1) is 8.60. The summed E-state index contributed by atoms with van der Waals surface area (Å²) in [7, 11) is 0. The van der Waals surface area contributed by atoms with Gasteiger partial charge in [0.25, 0.3) is 0 Å². The predicted molar refractivity (Wildman–Crippen MR) is 76.5 cm³/mol. The van der Waals surface area contributed by atoms with E-state index in [1.807, 2.05) is 6.07 Å². The highest BCUT2D eigenvalue weighted by atomic mass is 16.3. The average Bonchev–Trinajstić information content (AvgIpc) is 2.70. The lowest BCUT2D eigenvalue weighted by Gasteiger charge is -2.15. The number of aromatic nitrogens is 1. The number of fused-ring (bicyclic) bond motifs is 1. The number of aliphatic hydroxyl groups is 1. The van der Waals surface area contributed by atoms with Crippen LogP contribution in [0.15, 0.2) is 30.5 Å². The number of hydrogen-bond donors (Lipinski definition) is 1. The Morgan fingerprint density at radius 2 is 1.94 bits per heavy atom. The molecule has 2 rings (SSSR count). The van der Waals surface area contributed by atoms with Gasteiger partial charge in [-0.05, 0) is 41.3 Å². The van der Waals surface area contributed by atoms with Crippen LogP contribution in [0.25, 0.3) is 10.9 Å². The first kappa shape index (κ1) is 13.2. The lowest BCUT2D eigenvalue weighted by atomic mass is 9.99. The van der Waals surface area contributed by atoms with Crippen LogP contribution in [0, 0.1) is 11.8 Å². The van der Waals surface area contributed by atoms with Crippen molar-refractivity contribution in [1.82, 2.24) is 4.57 Å². The maximum absolute atomic E-state index is 9.22. The van der Waals surface area contributed by atoms with Crippen molar-refractivity contribution in [3.63, 3.8) is 0 Å². The summed E-state index contributed by atoms with van der Waals surface area (Å²) in [5, 5.41) is 10.5. The van der Waals surface area contributed by atoms with E-state index in [1.54, 1.807) is 0 Å². The largest absolute Gasteiger partial charge is 0.392 e. The van der Waals surface area contributed by atoms with Crippen LogP contribution in [-0.2, 0) is 13.2 Å². The van der Waals surface area contributed by atoms with Crippen LogP contribution in [0.4, 0.5) is 0 Å². The molecular weight excluding hydrogens is 222 g/mol. The molecule has 0 amide bonds. The van der Waals surface area contributed by atoms with E-state index in [4.69, 9.17) is 0 Å². The fourth-order valence-corrected chi connectivity index (χ4v) is 2.70. The monoisotopic (exact) mass is 245 g/mol. The van der Waals surface area contributed by atoms with Crippen molar-refractivity contribution in [3.8, 4) is 0 Å². The molecule has 0 aliphatic rings. The van der Waals surface area contributed by atoms with Gasteiger partial charge in [0, 0.05) is 18.3 Å². The Morgan fingerprint density at radius 1 is 1.17 bits per heavy atom. The fourth-order valence-electron chi connectivity index (χ4n) is 2.70. The van der Waals surface area contributed by atoms with Crippen LogP contribution in [0.2, 0.25) is 0 Å². The van der Waals surface area contributed by atoms with E-state index in [9.17, 15) is 5.11 Å². The molecule has 0 radical (unpaired) electrons. The molecule has 1 aromatic heterocycles. The summed E-state index contributed by atoms with van der Waals surface area (Å²) in [4.78, 5) is 0. The first-order valence-electron chi connectivity index (χ1n) is 6.78. The van der Waals surface area contributed by atoms with Gasteiger partial charge in [-0.2, -0.15) is 0 Å². The third-order valence-corrected chi connectivity index (χ3v) is 3.40. The molecule has 0 saturated heterocycles. The first-order valence-corrected chi connectivity index (χ1v) is 6.78. The molecular formula is C16H23NO. The van der Waals surface area contributed by atoms with Gasteiger partial charge in [0.1, 0.15) is 0 Å². The van der Waals surface area contributed by atoms with E-state index in [0.717, 1.165) is 18.0 Å². The van der Waals surface area contributed by atoms with Crippen molar-refractivity contribution in [2.75, 3.05) is 0 Å². The van der Waals surface area contributed by atoms with E-state index in [0.29, 0.717) is 5.92 Å². The van der Waals surface area contributed by atoms with E-state index in [1.165, 1.54) is 17.3 Å². The Labute approximate surface area is 109 Å². The Kier molecular flexibility index (Phi) is 4.07. The van der Waals surface area contributed by atoms with Gasteiger partial charge in [0.2, 0.25) is 0 Å². The number of rotatable bonds is 5. The number of hydrogen-bond acceptors (Lipinski definition) is 1. The zero-order chi connectivity index (χ0) is 13.1. The summed E-state index contributed by atoms with van der Waals surface area (Å²) >= 11 is 0. The molecule has 2 nitrogen and oxygen atoms in total. The summed E-state index contributed by atoms with van der Waals surface area (Å²) < 4.78 is 2.31. The highest BCUT2D eigenvalue weighted by Gasteiger charge is 2.08. The normalized spacial score (nSPS) is 13.4. The van der Waals surface area contributed by atoms with Gasteiger partial charge < -0.3 is 9.67 Å². The summed E-state index contributed by atoms with van der Waals surface area (Å²) in [6, 6.07) is 8.32. The van der Waals surface area contributed by atoms with E-state index >= 15 is 0 Å². The Hall–Kier alpha value is -1.28. The molecule has 18 heavy (non-hydrogen) atoms. The molecule has 0 fully saturated rings. The number of benzene rings is 1. The lowest BCUT2D eigenvalue weighted by molar-refractivity contribution is 0.282. The molecule has 1 heterocycles. The zero-order valence-corrected chi connectivity index (χ0v) is 11.6. The average molecular weight is 245 g/mol. The quantitative estimate of drug-likeness (QED) is 0.851. The minimum absolute atomic E-state index is 0.114. The van der Waals surface area contributed by atoms with E-state index in [2.05, 4.69) is 49.7 Å². The van der Waals surface area contributed by atoms with Crippen molar-refractivity contribution < 1.29 is 5.11 Å². The topological polar surface area (TPSA) is 25.2 Å². The second-order valence-corrected chi connectivity index (χ2v) is 5.75. The molecule has 0 bridgehead atoms. The second-order valence-electron chi connectivity index (χ2n) is 5.75. The SMILES string of the molecule is CC(C)CC(C)Cn1ccc2ccc(CO)cc21. The van der Waals surface area contributed by atoms with E-state index in [-0.39, 0.29) is 6.61 Å². The molecule has 0 saturated carbocycles. The van der Waals surface area contributed by atoms with Gasteiger partial charge in [-0.15, -0.1) is 0 Å². The summed E-state index contributed by atoms with van der Waals surface area (Å²) in [5.41, 5.74) is 2.22. The molecule has 0 spiro atoms. The molecule has 0 aliphatic heterocycles. The smallest absolute Gasteiger partial charge is 0.0682 e. The molecule has 2 heteroatoms. The molecule has 2 aromatic rings. The van der Waals surface area contributed by atoms with Crippen LogP contribution >= 0.6 is 0 Å². The highest BCUT2D eigenvalue weighted by Crippen LogP contribution is 2.21. The van der Waals surface area contributed by atoms with Gasteiger partial charge in [-0.3, -0.25) is 0 Å². The van der Waals surface area contributed by atoms with Crippen molar-refractivity contribution in [2.45, 2.75) is 40.3 Å². The van der Waals surface area contributed by atoms with Crippen LogP contribution in [0.1, 0.15) is 32.8 Å². The predicted octanol–water partition coefficient (Wildman–Crippen LogP) is 3.82. The van der Waals surface area contributed by atoms with Crippen LogP contribution < -0.4 is 0 Å². The van der Waals surface area contributed by atoms with Gasteiger partial charge in [0.05, 0.1) is 6.61 Å². The third-order valence-electron chi connectivity index (χ3n) is 3.40. The van der Waals surface area contributed by atoms with Gasteiger partial charge >= 0.3 is 0 Å². The van der Waals surface area contributed by atoms with E-state index < -0.39 is 0 Å². The fraction of sp³-hybridized carbons (Fsp3) is 0.500. The van der Waals surface area contributed by atoms with Crippen LogP contribution in [0.5, 0.6) is 0 Å². The lowest BCUT2D eigenvalue weighted by Crippen LogP contribution is -2.09. The highest BCUT2D eigenvalue weighted by molar-refractivity contribution is 5.80. The molecule has 1 aromatic carbocycles. The standard InChI is InChI=1S/C16H23NO/c1-12(2)8-13(3)10-17-7-6-15-5-4-14(11-18)9-16(15)17/h4-7,9,12-13,18H,8,10-11H2,1-3H3. The maximum Gasteiger partial charge on any atom is 0.0682 e. The summed E-state index contributed by atoms with van der Waals surface area (Å²) in [6.07, 6.45) is 3.40. The maximum atomic E-state index is 9.22. The molecule has 1 atom stereocenters. The Bertz CT molecular complexity index is 513. The van der Waals surface area contributed by atoms with Gasteiger partial charge in [0.15, 0.2) is 0 Å². The van der Waals surface area contributed by atoms with Crippen LogP contribution in [-0.4, -0.2) is 9.67 Å². The second kappa shape index (κ2) is 5.57. The molecule has 1 N–H and O–H groups in total. The molecule has 1 unspecified atom stereocenters. The van der Waals surface area contributed by atoms with Gasteiger partial charge in [-0.25, -0.2) is 0 Å². The van der Waals surface area contributed by atoms with Crippen molar-refractivity contribution in [1.29, 1.82) is 0 Å². The summed E-state index contributed by atoms with van der Waals surface area (Å²) in [6.45, 7) is 8.02. The van der Waals surface area contributed by atoms with Crippen molar-refractivity contribution in [3.05, 3.63) is 36.0 Å². The minimum atomic E-state index is 0.114. The Morgan fingerprint density at radius 3 is 2.61 bits per heavy atom. The zero-order valence-electron chi connectivity index (χ0n) is 11.6. The molecule has 0 aliphatic carbocycles. The Balaban J connectivity index is 2.22. The van der Waals surface area contributed by atoms with Crippen molar-refractivity contribution >= 4 is 10.9 Å².